The van der Waals surface area contributed by atoms with Crippen LogP contribution < -0.4 is 4.74 Å². The summed E-state index contributed by atoms with van der Waals surface area (Å²) in [6, 6.07) is 7.65. The van der Waals surface area contributed by atoms with Crippen molar-refractivity contribution in [3.8, 4) is 11.8 Å². The Hall–Kier alpha value is -2.32. The maximum Gasteiger partial charge on any atom is 0.137 e. The number of ether oxygens (including phenoxy) is 1. The number of rotatable bonds is 8. The molecule has 0 saturated heterocycles. The number of nitriles is 1. The summed E-state index contributed by atoms with van der Waals surface area (Å²) in [5, 5.41) is 21.6. The molecule has 0 spiro atoms. The molecule has 0 unspecified atom stereocenters. The fourth-order valence-corrected chi connectivity index (χ4v) is 2.54. The van der Waals surface area contributed by atoms with Crippen LogP contribution >= 0.6 is 0 Å². The van der Waals surface area contributed by atoms with E-state index in [2.05, 4.69) is 11.2 Å². The first kappa shape index (κ1) is 17.0. The summed E-state index contributed by atoms with van der Waals surface area (Å²) in [6.45, 7) is 4.50. The average Bonchev–Trinajstić information content (AvgIpc) is 3.00. The Kier molecular flexibility index (Phi) is 6.19. The van der Waals surface area contributed by atoms with Crippen LogP contribution in [-0.4, -0.2) is 16.9 Å². The number of aliphatic hydroxyl groups is 1. The number of hydrogen-bond donors (Lipinski definition) is 1. The third-order valence-electron chi connectivity index (χ3n) is 3.67. The lowest BCUT2D eigenvalue weighted by atomic mass is 10.1. The second kappa shape index (κ2) is 8.35. The van der Waals surface area contributed by atoms with Crippen LogP contribution in [0.15, 0.2) is 22.7 Å². The molecule has 0 fully saturated rings. The third-order valence-corrected chi connectivity index (χ3v) is 3.67. The Balaban J connectivity index is 1.70. The topological polar surface area (TPSA) is 79.3 Å². The van der Waals surface area contributed by atoms with E-state index in [1.807, 2.05) is 26.0 Å². The number of benzene rings is 1. The van der Waals surface area contributed by atoms with E-state index in [-0.39, 0.29) is 6.61 Å². The highest BCUT2D eigenvalue weighted by molar-refractivity contribution is 5.47. The zero-order chi connectivity index (χ0) is 16.7. The molecule has 1 aromatic carbocycles. The monoisotopic (exact) mass is 314 g/mol. The van der Waals surface area contributed by atoms with Gasteiger partial charge in [0, 0.05) is 12.5 Å². The molecule has 5 heteroatoms. The quantitative estimate of drug-likeness (QED) is 0.755. The van der Waals surface area contributed by atoms with Crippen LogP contribution in [0.5, 0.6) is 5.75 Å². The van der Waals surface area contributed by atoms with Gasteiger partial charge in [-0.3, -0.25) is 0 Å². The molecule has 2 aromatic rings. The summed E-state index contributed by atoms with van der Waals surface area (Å²) in [6.07, 6.45) is 3.81. The van der Waals surface area contributed by atoms with Gasteiger partial charge < -0.3 is 14.4 Å². The number of nitrogens with zero attached hydrogens (tertiary/aromatic N) is 2. The fraction of sp³-hybridized carbons (Fsp3) is 0.444. The van der Waals surface area contributed by atoms with Crippen LogP contribution in [0.25, 0.3) is 0 Å². The highest BCUT2D eigenvalue weighted by atomic mass is 16.5. The first-order valence-corrected chi connectivity index (χ1v) is 7.83. The zero-order valence-electron chi connectivity index (χ0n) is 13.6. The van der Waals surface area contributed by atoms with E-state index >= 15 is 0 Å². The molecule has 0 aliphatic heterocycles. The van der Waals surface area contributed by atoms with Crippen LogP contribution in [-0.2, 0) is 13.0 Å². The van der Waals surface area contributed by atoms with E-state index in [1.54, 1.807) is 6.07 Å². The van der Waals surface area contributed by atoms with Gasteiger partial charge in [-0.05, 0) is 56.4 Å². The van der Waals surface area contributed by atoms with Crippen molar-refractivity contribution in [2.45, 2.75) is 46.1 Å². The van der Waals surface area contributed by atoms with Gasteiger partial charge >= 0.3 is 0 Å². The van der Waals surface area contributed by atoms with E-state index in [0.717, 1.165) is 48.3 Å². The first-order chi connectivity index (χ1) is 11.1. The molecule has 122 valence electrons. The maximum atomic E-state index is 8.95. The predicted molar refractivity (Wildman–Crippen MR) is 86.1 cm³/mol. The molecule has 23 heavy (non-hydrogen) atoms. The Morgan fingerprint density at radius 1 is 1.17 bits per heavy atom. The standard InChI is InChI=1S/C18H22N2O3/c1-13-8-15(11-19)9-14(2)18(13)22-7-5-3-4-6-17-10-16(12-21)20-23-17/h8-10,21H,3-7,12H2,1-2H3. The van der Waals surface area contributed by atoms with Crippen LogP contribution in [0.2, 0.25) is 0 Å². The van der Waals surface area contributed by atoms with Gasteiger partial charge in [-0.15, -0.1) is 0 Å². The Labute approximate surface area is 136 Å². The zero-order valence-corrected chi connectivity index (χ0v) is 13.6. The van der Waals surface area contributed by atoms with E-state index in [9.17, 15) is 0 Å². The number of hydrogen-bond acceptors (Lipinski definition) is 5. The largest absolute Gasteiger partial charge is 0.493 e. The summed E-state index contributed by atoms with van der Waals surface area (Å²) >= 11 is 0. The van der Waals surface area contributed by atoms with E-state index in [0.29, 0.717) is 17.9 Å². The molecule has 0 aliphatic rings. The maximum absolute atomic E-state index is 8.95. The molecule has 1 heterocycles. The van der Waals surface area contributed by atoms with Gasteiger partial charge in [-0.1, -0.05) is 5.16 Å². The Morgan fingerprint density at radius 3 is 2.52 bits per heavy atom. The SMILES string of the molecule is Cc1cc(C#N)cc(C)c1OCCCCCc1cc(CO)no1. The van der Waals surface area contributed by atoms with Crippen molar-refractivity contribution in [1.29, 1.82) is 5.26 Å². The van der Waals surface area contributed by atoms with Gasteiger partial charge in [0.1, 0.15) is 17.2 Å². The van der Waals surface area contributed by atoms with Gasteiger partial charge in [-0.25, -0.2) is 0 Å². The minimum Gasteiger partial charge on any atom is -0.493 e. The highest BCUT2D eigenvalue weighted by Crippen LogP contribution is 2.24. The average molecular weight is 314 g/mol. The normalized spacial score (nSPS) is 10.5. The van der Waals surface area contributed by atoms with E-state index in [1.165, 1.54) is 0 Å². The summed E-state index contributed by atoms with van der Waals surface area (Å²) in [7, 11) is 0. The van der Waals surface area contributed by atoms with Gasteiger partial charge in [0.15, 0.2) is 0 Å². The van der Waals surface area contributed by atoms with Crippen molar-refractivity contribution in [1.82, 2.24) is 5.16 Å². The second-order valence-electron chi connectivity index (χ2n) is 5.65. The molecule has 5 nitrogen and oxygen atoms in total. The first-order valence-electron chi connectivity index (χ1n) is 7.83. The molecule has 2 rings (SSSR count). The molecule has 0 bridgehead atoms. The van der Waals surface area contributed by atoms with Gasteiger partial charge in [0.05, 0.1) is 24.8 Å². The summed E-state index contributed by atoms with van der Waals surface area (Å²) in [5.41, 5.74) is 3.25. The van der Waals surface area contributed by atoms with Gasteiger partial charge in [0.2, 0.25) is 0 Å². The van der Waals surface area contributed by atoms with Crippen LogP contribution in [0, 0.1) is 25.2 Å². The molecule has 1 N–H and O–H groups in total. The van der Waals surface area contributed by atoms with Crippen molar-refractivity contribution in [3.63, 3.8) is 0 Å². The lowest BCUT2D eigenvalue weighted by Crippen LogP contribution is -2.01. The molecule has 0 atom stereocenters. The highest BCUT2D eigenvalue weighted by Gasteiger charge is 2.07. The lowest BCUT2D eigenvalue weighted by Gasteiger charge is -2.12. The van der Waals surface area contributed by atoms with Crippen molar-refractivity contribution >= 4 is 0 Å². The third kappa shape index (κ3) is 4.83. The van der Waals surface area contributed by atoms with Crippen LogP contribution in [0.1, 0.15) is 47.4 Å². The molecule has 0 amide bonds. The smallest absolute Gasteiger partial charge is 0.137 e. The van der Waals surface area contributed by atoms with E-state index in [4.69, 9.17) is 19.6 Å². The molecular formula is C18H22N2O3. The number of aryl methyl sites for hydroxylation is 3. The Bertz CT molecular complexity index is 663. The van der Waals surface area contributed by atoms with Crippen molar-refractivity contribution in [2.75, 3.05) is 6.61 Å². The second-order valence-corrected chi connectivity index (χ2v) is 5.65. The molecular weight excluding hydrogens is 292 g/mol. The van der Waals surface area contributed by atoms with Gasteiger partial charge in [0.25, 0.3) is 0 Å². The number of aromatic nitrogens is 1. The molecule has 1 aromatic heterocycles. The predicted octanol–water partition coefficient (Wildman–Crippen LogP) is 3.45. The number of unbranched alkanes of at least 4 members (excludes halogenated alkanes) is 2. The summed E-state index contributed by atoms with van der Waals surface area (Å²) in [5.74, 6) is 1.69. The Morgan fingerprint density at radius 2 is 1.91 bits per heavy atom. The minimum atomic E-state index is -0.0827. The van der Waals surface area contributed by atoms with E-state index < -0.39 is 0 Å². The fourth-order valence-electron chi connectivity index (χ4n) is 2.54. The van der Waals surface area contributed by atoms with Crippen molar-refractivity contribution < 1.29 is 14.4 Å². The van der Waals surface area contributed by atoms with Crippen LogP contribution in [0.3, 0.4) is 0 Å². The summed E-state index contributed by atoms with van der Waals surface area (Å²) in [4.78, 5) is 0. The molecule has 0 aliphatic carbocycles. The minimum absolute atomic E-state index is 0.0827. The summed E-state index contributed by atoms with van der Waals surface area (Å²) < 4.78 is 11.0. The molecule has 0 saturated carbocycles. The lowest BCUT2D eigenvalue weighted by molar-refractivity contribution is 0.264. The van der Waals surface area contributed by atoms with Crippen LogP contribution in [0.4, 0.5) is 0 Å². The van der Waals surface area contributed by atoms with Crippen molar-refractivity contribution in [2.24, 2.45) is 0 Å². The number of aliphatic hydroxyl groups excluding tert-OH is 1. The van der Waals surface area contributed by atoms with Crippen molar-refractivity contribution in [3.05, 3.63) is 46.3 Å². The van der Waals surface area contributed by atoms with Gasteiger partial charge in [-0.2, -0.15) is 5.26 Å². The molecule has 0 radical (unpaired) electrons.